The van der Waals surface area contributed by atoms with E-state index in [1.807, 2.05) is 18.2 Å². The van der Waals surface area contributed by atoms with E-state index in [-0.39, 0.29) is 11.3 Å². The average molecular weight is 356 g/mol. The molecule has 2 aromatic rings. The molecule has 0 aliphatic heterocycles. The van der Waals surface area contributed by atoms with Crippen LogP contribution < -0.4 is 5.32 Å². The Morgan fingerprint density at radius 3 is 2.31 bits per heavy atom. The second-order valence-electron chi connectivity index (χ2n) is 8.09. The van der Waals surface area contributed by atoms with Crippen LogP contribution in [0.5, 0.6) is 0 Å². The molecule has 0 atom stereocenters. The van der Waals surface area contributed by atoms with E-state index in [0.29, 0.717) is 11.4 Å². The number of H-pyrrole nitrogens is 1. The van der Waals surface area contributed by atoms with Crippen LogP contribution in [0.3, 0.4) is 0 Å². The summed E-state index contributed by atoms with van der Waals surface area (Å²) in [5, 5.41) is 10.0. The van der Waals surface area contributed by atoms with E-state index < -0.39 is 0 Å². The van der Waals surface area contributed by atoms with Crippen molar-refractivity contribution in [3.05, 3.63) is 47.2 Å². The van der Waals surface area contributed by atoms with Gasteiger partial charge in [0.15, 0.2) is 5.82 Å². The molecule has 0 spiro atoms. The molecule has 142 valence electrons. The molecular formula is C22H33N3O. The van der Waals surface area contributed by atoms with Gasteiger partial charge in [0.25, 0.3) is 5.91 Å². The van der Waals surface area contributed by atoms with E-state index in [9.17, 15) is 4.79 Å². The molecule has 1 aromatic carbocycles. The van der Waals surface area contributed by atoms with Gasteiger partial charge in [-0.25, -0.2) is 0 Å². The fraction of sp³-hybridized carbons (Fsp3) is 0.545. The van der Waals surface area contributed by atoms with Crippen molar-refractivity contribution >= 4 is 11.7 Å². The molecule has 0 saturated heterocycles. The number of nitrogens with zero attached hydrogens (tertiary/aromatic N) is 1. The smallest absolute Gasteiger partial charge is 0.256 e. The van der Waals surface area contributed by atoms with Crippen LogP contribution in [0, 0.1) is 0 Å². The molecule has 0 bridgehead atoms. The van der Waals surface area contributed by atoms with Gasteiger partial charge in [0.05, 0.1) is 0 Å². The summed E-state index contributed by atoms with van der Waals surface area (Å²) >= 11 is 0. The lowest BCUT2D eigenvalue weighted by Gasteiger charge is -2.14. The van der Waals surface area contributed by atoms with Crippen molar-refractivity contribution in [1.29, 1.82) is 0 Å². The molecule has 0 radical (unpaired) electrons. The van der Waals surface area contributed by atoms with Crippen LogP contribution in [0.1, 0.15) is 87.8 Å². The average Bonchev–Trinajstić information content (AvgIpc) is 3.07. The number of rotatable bonds is 9. The molecule has 0 aliphatic carbocycles. The molecule has 2 N–H and O–H groups in total. The second kappa shape index (κ2) is 9.56. The number of amides is 1. The quantitative estimate of drug-likeness (QED) is 0.553. The van der Waals surface area contributed by atoms with Gasteiger partial charge in [0, 0.05) is 22.7 Å². The van der Waals surface area contributed by atoms with E-state index in [2.05, 4.69) is 55.3 Å². The summed E-state index contributed by atoms with van der Waals surface area (Å²) < 4.78 is 0. The Morgan fingerprint density at radius 1 is 1.04 bits per heavy atom. The first-order valence-corrected chi connectivity index (χ1v) is 9.86. The number of aromatic nitrogens is 2. The Labute approximate surface area is 157 Å². The first-order valence-electron chi connectivity index (χ1n) is 9.86. The number of carbonyl (C=O) groups is 1. The minimum Gasteiger partial charge on any atom is -0.305 e. The predicted molar refractivity (Wildman–Crippen MR) is 109 cm³/mol. The summed E-state index contributed by atoms with van der Waals surface area (Å²) in [5.41, 5.74) is 2.94. The van der Waals surface area contributed by atoms with E-state index >= 15 is 0 Å². The molecule has 1 amide bonds. The Hall–Kier alpha value is -2.10. The molecule has 1 heterocycles. The van der Waals surface area contributed by atoms with Crippen LogP contribution in [0.2, 0.25) is 0 Å². The zero-order chi connectivity index (χ0) is 19.0. The molecule has 0 aliphatic rings. The van der Waals surface area contributed by atoms with Crippen molar-refractivity contribution in [1.82, 2.24) is 10.2 Å². The van der Waals surface area contributed by atoms with E-state index in [1.54, 1.807) is 0 Å². The first-order chi connectivity index (χ1) is 12.4. The molecule has 0 unspecified atom stereocenters. The monoisotopic (exact) mass is 355 g/mol. The predicted octanol–water partition coefficient (Wildman–Crippen LogP) is 5.86. The van der Waals surface area contributed by atoms with Gasteiger partial charge in [-0.3, -0.25) is 9.89 Å². The standard InChI is InChI=1S/C22H33N3O/c1-5-6-7-8-9-10-11-17-12-14-18(15-13-17)21(26)23-20-16-19(24-25-20)22(2,3)4/h12-16H,5-11H2,1-4H3,(H2,23,24,25,26). The number of aromatic amines is 1. The van der Waals surface area contributed by atoms with Crippen LogP contribution in [0.4, 0.5) is 5.82 Å². The number of hydrogen-bond acceptors (Lipinski definition) is 2. The number of benzene rings is 1. The normalized spacial score (nSPS) is 11.5. The van der Waals surface area contributed by atoms with Gasteiger partial charge >= 0.3 is 0 Å². The Balaban J connectivity index is 1.82. The first kappa shape index (κ1) is 20.2. The lowest BCUT2D eigenvalue weighted by atomic mass is 9.92. The van der Waals surface area contributed by atoms with Crippen molar-refractivity contribution in [2.24, 2.45) is 0 Å². The number of carbonyl (C=O) groups excluding carboxylic acids is 1. The maximum Gasteiger partial charge on any atom is 0.256 e. The molecular weight excluding hydrogens is 322 g/mol. The number of hydrogen-bond donors (Lipinski definition) is 2. The summed E-state index contributed by atoms with van der Waals surface area (Å²) in [4.78, 5) is 12.4. The topological polar surface area (TPSA) is 57.8 Å². The SMILES string of the molecule is CCCCCCCCc1ccc(C(=O)Nc2cc(C(C)(C)C)[nH]n2)cc1. The van der Waals surface area contributed by atoms with Crippen molar-refractivity contribution < 1.29 is 4.79 Å². The molecule has 1 aromatic heterocycles. The number of nitrogens with one attached hydrogen (secondary N) is 2. The summed E-state index contributed by atoms with van der Waals surface area (Å²) in [6.45, 7) is 8.56. The van der Waals surface area contributed by atoms with E-state index in [1.165, 1.54) is 44.1 Å². The fourth-order valence-electron chi connectivity index (χ4n) is 2.89. The van der Waals surface area contributed by atoms with E-state index in [4.69, 9.17) is 0 Å². The van der Waals surface area contributed by atoms with E-state index in [0.717, 1.165) is 12.1 Å². The molecule has 0 saturated carbocycles. The number of unbranched alkanes of at least 4 members (excludes halogenated alkanes) is 5. The summed E-state index contributed by atoms with van der Waals surface area (Å²) in [6.07, 6.45) is 8.91. The van der Waals surface area contributed by atoms with Crippen LogP contribution in [0.25, 0.3) is 0 Å². The van der Waals surface area contributed by atoms with Gasteiger partial charge in [-0.2, -0.15) is 5.10 Å². The number of anilines is 1. The minimum absolute atomic E-state index is 0.0197. The third-order valence-corrected chi connectivity index (χ3v) is 4.66. The minimum atomic E-state index is -0.122. The van der Waals surface area contributed by atoms with Gasteiger partial charge in [-0.1, -0.05) is 71.9 Å². The van der Waals surface area contributed by atoms with Gasteiger partial charge in [0.1, 0.15) is 0 Å². The van der Waals surface area contributed by atoms with Crippen molar-refractivity contribution in [3.63, 3.8) is 0 Å². The van der Waals surface area contributed by atoms with Gasteiger partial charge in [-0.05, 0) is 30.5 Å². The summed E-state index contributed by atoms with van der Waals surface area (Å²) in [7, 11) is 0. The number of aryl methyl sites for hydroxylation is 1. The lowest BCUT2D eigenvalue weighted by Crippen LogP contribution is -2.12. The van der Waals surface area contributed by atoms with Crippen LogP contribution in [-0.2, 0) is 11.8 Å². The summed E-state index contributed by atoms with van der Waals surface area (Å²) in [5.74, 6) is 0.444. The summed E-state index contributed by atoms with van der Waals surface area (Å²) in [6, 6.07) is 9.82. The highest BCUT2D eigenvalue weighted by atomic mass is 16.1. The van der Waals surface area contributed by atoms with Crippen LogP contribution >= 0.6 is 0 Å². The van der Waals surface area contributed by atoms with Gasteiger partial charge in [0.2, 0.25) is 0 Å². The molecule has 26 heavy (non-hydrogen) atoms. The van der Waals surface area contributed by atoms with Crippen LogP contribution in [0.15, 0.2) is 30.3 Å². The highest BCUT2D eigenvalue weighted by molar-refractivity contribution is 6.03. The highest BCUT2D eigenvalue weighted by Gasteiger charge is 2.17. The Bertz CT molecular complexity index is 680. The maximum absolute atomic E-state index is 12.4. The zero-order valence-corrected chi connectivity index (χ0v) is 16.7. The highest BCUT2D eigenvalue weighted by Crippen LogP contribution is 2.22. The lowest BCUT2D eigenvalue weighted by molar-refractivity contribution is 0.102. The van der Waals surface area contributed by atoms with Gasteiger partial charge < -0.3 is 5.32 Å². The fourth-order valence-corrected chi connectivity index (χ4v) is 2.89. The largest absolute Gasteiger partial charge is 0.305 e. The van der Waals surface area contributed by atoms with Gasteiger partial charge in [-0.15, -0.1) is 0 Å². The zero-order valence-electron chi connectivity index (χ0n) is 16.7. The van der Waals surface area contributed by atoms with Crippen LogP contribution in [-0.4, -0.2) is 16.1 Å². The third-order valence-electron chi connectivity index (χ3n) is 4.66. The van der Waals surface area contributed by atoms with Crippen molar-refractivity contribution in [2.45, 2.75) is 78.1 Å². The molecule has 4 heteroatoms. The molecule has 2 rings (SSSR count). The third kappa shape index (κ3) is 6.32. The Morgan fingerprint density at radius 2 is 1.69 bits per heavy atom. The maximum atomic E-state index is 12.4. The van der Waals surface area contributed by atoms with Crippen molar-refractivity contribution in [3.8, 4) is 0 Å². The molecule has 4 nitrogen and oxygen atoms in total. The molecule has 0 fully saturated rings. The second-order valence-corrected chi connectivity index (χ2v) is 8.09. The van der Waals surface area contributed by atoms with Crippen molar-refractivity contribution in [2.75, 3.05) is 5.32 Å². The Kier molecular flexibility index (Phi) is 7.43.